The first-order chi connectivity index (χ1) is 14.5. The maximum atomic E-state index is 12.3. The molecule has 2 aromatic carbocycles. The van der Waals surface area contributed by atoms with E-state index in [1.807, 2.05) is 19.1 Å². The van der Waals surface area contributed by atoms with Crippen LogP contribution in [0.2, 0.25) is 0 Å². The summed E-state index contributed by atoms with van der Waals surface area (Å²) in [6.45, 7) is 3.91. The Balaban J connectivity index is 1.70. The highest BCUT2D eigenvalue weighted by molar-refractivity contribution is 7.14. The van der Waals surface area contributed by atoms with Gasteiger partial charge in [-0.25, -0.2) is 9.78 Å². The first kappa shape index (κ1) is 21.3. The minimum absolute atomic E-state index is 0.000212. The van der Waals surface area contributed by atoms with E-state index in [-0.39, 0.29) is 12.5 Å². The van der Waals surface area contributed by atoms with E-state index in [2.05, 4.69) is 4.98 Å². The second-order valence-electron chi connectivity index (χ2n) is 6.18. The molecule has 0 atom stereocenters. The highest BCUT2D eigenvalue weighted by Gasteiger charge is 2.21. The fourth-order valence-electron chi connectivity index (χ4n) is 2.76. The largest absolute Gasteiger partial charge is 0.495 e. The van der Waals surface area contributed by atoms with E-state index in [0.717, 1.165) is 0 Å². The van der Waals surface area contributed by atoms with Gasteiger partial charge < -0.3 is 14.2 Å². The average molecular weight is 426 g/mol. The molecule has 7 nitrogen and oxygen atoms in total. The summed E-state index contributed by atoms with van der Waals surface area (Å²) >= 11 is 1.29. The smallest absolute Gasteiger partial charge is 0.338 e. The van der Waals surface area contributed by atoms with Crippen LogP contribution < -0.4 is 14.4 Å². The first-order valence-electron chi connectivity index (χ1n) is 9.31. The van der Waals surface area contributed by atoms with Crippen LogP contribution >= 0.6 is 11.3 Å². The van der Waals surface area contributed by atoms with Crippen molar-refractivity contribution in [3.05, 3.63) is 65.2 Å². The fraction of sp³-hybridized carbons (Fsp3) is 0.227. The van der Waals surface area contributed by atoms with Crippen molar-refractivity contribution >= 4 is 34.0 Å². The zero-order valence-electron chi connectivity index (χ0n) is 17.0. The third kappa shape index (κ3) is 4.96. The zero-order chi connectivity index (χ0) is 21.5. The molecule has 0 bridgehead atoms. The van der Waals surface area contributed by atoms with Gasteiger partial charge in [0, 0.05) is 12.3 Å². The van der Waals surface area contributed by atoms with Gasteiger partial charge in [0.15, 0.2) is 5.13 Å². The van der Waals surface area contributed by atoms with Gasteiger partial charge in [-0.3, -0.25) is 9.69 Å². The molecule has 3 rings (SSSR count). The molecule has 156 valence electrons. The molecule has 0 spiro atoms. The minimum atomic E-state index is -0.458. The number of rotatable bonds is 8. The Kier molecular flexibility index (Phi) is 7.03. The van der Waals surface area contributed by atoms with Crippen molar-refractivity contribution in [2.75, 3.05) is 18.6 Å². The summed E-state index contributed by atoms with van der Waals surface area (Å²) in [6.07, 6.45) is 0. The standard InChI is InChI=1S/C22H22N2O5S/c1-4-28-18-11-9-16(10-12-18)21(26)29-13-17-14-30-22(23-17)24(15(2)25)19-7-5-6-8-20(19)27-3/h5-12,14H,4,13H2,1-3H3. The number of benzene rings is 2. The topological polar surface area (TPSA) is 78.0 Å². The normalized spacial score (nSPS) is 10.4. The number of nitrogens with zero attached hydrogens (tertiary/aromatic N) is 2. The van der Waals surface area contributed by atoms with Crippen molar-refractivity contribution in [2.45, 2.75) is 20.5 Å². The highest BCUT2D eigenvalue weighted by atomic mass is 32.1. The van der Waals surface area contributed by atoms with Crippen LogP contribution in [0.15, 0.2) is 53.9 Å². The van der Waals surface area contributed by atoms with Crippen molar-refractivity contribution in [3.63, 3.8) is 0 Å². The number of anilines is 2. The summed E-state index contributed by atoms with van der Waals surface area (Å²) in [5.41, 5.74) is 1.57. The van der Waals surface area contributed by atoms with E-state index < -0.39 is 5.97 Å². The summed E-state index contributed by atoms with van der Waals surface area (Å²) in [5, 5.41) is 2.23. The second kappa shape index (κ2) is 9.89. The van der Waals surface area contributed by atoms with Gasteiger partial charge in [-0.05, 0) is 43.3 Å². The maximum Gasteiger partial charge on any atom is 0.338 e. The average Bonchev–Trinajstić information content (AvgIpc) is 3.21. The van der Waals surface area contributed by atoms with Gasteiger partial charge >= 0.3 is 5.97 Å². The Hall–Kier alpha value is -3.39. The van der Waals surface area contributed by atoms with Crippen LogP contribution in [-0.4, -0.2) is 30.6 Å². The molecule has 0 radical (unpaired) electrons. The predicted octanol–water partition coefficient (Wildman–Crippen LogP) is 4.59. The fourth-order valence-corrected chi connectivity index (χ4v) is 3.63. The van der Waals surface area contributed by atoms with Crippen LogP contribution in [0.4, 0.5) is 10.8 Å². The SMILES string of the molecule is CCOc1ccc(C(=O)OCc2csc(N(C(C)=O)c3ccccc3OC)n2)cc1. The zero-order valence-corrected chi connectivity index (χ0v) is 17.8. The molecule has 1 amide bonds. The van der Waals surface area contributed by atoms with Crippen molar-refractivity contribution in [1.29, 1.82) is 0 Å². The molecule has 0 aliphatic rings. The summed E-state index contributed by atoms with van der Waals surface area (Å²) in [6, 6.07) is 14.0. The molecule has 8 heteroatoms. The number of thiazole rings is 1. The molecule has 1 heterocycles. The van der Waals surface area contributed by atoms with E-state index in [9.17, 15) is 9.59 Å². The minimum Gasteiger partial charge on any atom is -0.495 e. The number of amides is 1. The number of hydrogen-bond acceptors (Lipinski definition) is 7. The van der Waals surface area contributed by atoms with Crippen LogP contribution in [0.25, 0.3) is 0 Å². The van der Waals surface area contributed by atoms with Gasteiger partial charge in [0.25, 0.3) is 0 Å². The molecule has 3 aromatic rings. The van der Waals surface area contributed by atoms with Crippen molar-refractivity contribution in [3.8, 4) is 11.5 Å². The van der Waals surface area contributed by atoms with Gasteiger partial charge in [-0.2, -0.15) is 0 Å². The molecule has 30 heavy (non-hydrogen) atoms. The van der Waals surface area contributed by atoms with E-state index in [4.69, 9.17) is 14.2 Å². The number of esters is 1. The monoisotopic (exact) mass is 426 g/mol. The van der Waals surface area contributed by atoms with Gasteiger partial charge in [-0.1, -0.05) is 12.1 Å². The molecule has 0 saturated carbocycles. The lowest BCUT2D eigenvalue weighted by Crippen LogP contribution is -2.23. The van der Waals surface area contributed by atoms with Crippen LogP contribution in [0.5, 0.6) is 11.5 Å². The number of hydrogen-bond donors (Lipinski definition) is 0. The molecular formula is C22H22N2O5S. The van der Waals surface area contributed by atoms with E-state index in [1.54, 1.807) is 48.9 Å². The Morgan fingerprint density at radius 2 is 1.83 bits per heavy atom. The molecule has 0 aliphatic heterocycles. The lowest BCUT2D eigenvalue weighted by atomic mass is 10.2. The van der Waals surface area contributed by atoms with E-state index in [0.29, 0.717) is 40.2 Å². The highest BCUT2D eigenvalue weighted by Crippen LogP contribution is 2.35. The molecule has 0 N–H and O–H groups in total. The molecule has 1 aromatic heterocycles. The number of carbonyl (C=O) groups is 2. The summed E-state index contributed by atoms with van der Waals surface area (Å²) in [4.78, 5) is 30.5. The van der Waals surface area contributed by atoms with Gasteiger partial charge in [0.1, 0.15) is 18.1 Å². The van der Waals surface area contributed by atoms with Crippen LogP contribution in [0.1, 0.15) is 29.9 Å². The number of aromatic nitrogens is 1. The Morgan fingerprint density at radius 1 is 1.10 bits per heavy atom. The Labute approximate surface area is 178 Å². The third-order valence-electron chi connectivity index (χ3n) is 4.12. The number of para-hydroxylation sites is 2. The maximum absolute atomic E-state index is 12.3. The second-order valence-corrected chi connectivity index (χ2v) is 7.02. The Morgan fingerprint density at radius 3 is 2.50 bits per heavy atom. The summed E-state index contributed by atoms with van der Waals surface area (Å²) in [5.74, 6) is 0.595. The van der Waals surface area contributed by atoms with Gasteiger partial charge in [0.05, 0.1) is 30.7 Å². The number of ether oxygens (including phenoxy) is 3. The van der Waals surface area contributed by atoms with Crippen LogP contribution in [0.3, 0.4) is 0 Å². The van der Waals surface area contributed by atoms with Crippen molar-refractivity contribution in [2.24, 2.45) is 0 Å². The van der Waals surface area contributed by atoms with Gasteiger partial charge in [0.2, 0.25) is 5.91 Å². The summed E-state index contributed by atoms with van der Waals surface area (Å²) < 4.78 is 16.1. The lowest BCUT2D eigenvalue weighted by Gasteiger charge is -2.20. The van der Waals surface area contributed by atoms with E-state index in [1.165, 1.54) is 23.2 Å². The first-order valence-corrected chi connectivity index (χ1v) is 10.2. The van der Waals surface area contributed by atoms with Gasteiger partial charge in [-0.15, -0.1) is 11.3 Å². The summed E-state index contributed by atoms with van der Waals surface area (Å²) in [7, 11) is 1.55. The molecule has 0 aliphatic carbocycles. The van der Waals surface area contributed by atoms with Crippen LogP contribution in [-0.2, 0) is 16.1 Å². The Bertz CT molecular complexity index is 1020. The van der Waals surface area contributed by atoms with Crippen molar-refractivity contribution < 1.29 is 23.8 Å². The molecule has 0 saturated heterocycles. The predicted molar refractivity (Wildman–Crippen MR) is 115 cm³/mol. The number of methoxy groups -OCH3 is 1. The third-order valence-corrected chi connectivity index (χ3v) is 5.00. The number of carbonyl (C=O) groups excluding carboxylic acids is 2. The lowest BCUT2D eigenvalue weighted by molar-refractivity contribution is -0.115. The molecule has 0 unspecified atom stereocenters. The molecular weight excluding hydrogens is 404 g/mol. The quantitative estimate of drug-likeness (QED) is 0.490. The van der Waals surface area contributed by atoms with E-state index >= 15 is 0 Å². The molecule has 0 fully saturated rings. The van der Waals surface area contributed by atoms with Crippen LogP contribution in [0, 0.1) is 0 Å². The van der Waals surface area contributed by atoms with Crippen molar-refractivity contribution in [1.82, 2.24) is 4.98 Å².